The molecule has 0 aliphatic heterocycles. The summed E-state index contributed by atoms with van der Waals surface area (Å²) in [6.07, 6.45) is 0.525. The summed E-state index contributed by atoms with van der Waals surface area (Å²) < 4.78 is 32.2. The summed E-state index contributed by atoms with van der Waals surface area (Å²) in [6, 6.07) is 18.6. The van der Waals surface area contributed by atoms with Crippen LogP contribution in [-0.4, -0.2) is 26.7 Å². The predicted octanol–water partition coefficient (Wildman–Crippen LogP) is 4.32. The molecule has 0 spiro atoms. The fourth-order valence-electron chi connectivity index (χ4n) is 2.96. The third kappa shape index (κ3) is 5.48. The first kappa shape index (κ1) is 20.7. The van der Waals surface area contributed by atoms with Gasteiger partial charge in [0.1, 0.15) is 5.75 Å². The van der Waals surface area contributed by atoms with Crippen molar-refractivity contribution in [3.8, 4) is 5.75 Å². The number of carbonyl (C=O) groups is 1. The minimum atomic E-state index is -3.40. The van der Waals surface area contributed by atoms with Crippen molar-refractivity contribution in [3.05, 3.63) is 66.2 Å². The van der Waals surface area contributed by atoms with Crippen LogP contribution in [0, 0.1) is 6.92 Å². The van der Waals surface area contributed by atoms with Crippen LogP contribution in [-0.2, 0) is 14.8 Å². The van der Waals surface area contributed by atoms with E-state index in [9.17, 15) is 13.2 Å². The number of carbonyl (C=O) groups excluding carboxylic acids is 1. The first-order valence-electron chi connectivity index (χ1n) is 9.39. The summed E-state index contributed by atoms with van der Waals surface area (Å²) in [6.45, 7) is 3.41. The van der Waals surface area contributed by atoms with Crippen LogP contribution in [0.4, 0.5) is 11.4 Å². The Hall–Kier alpha value is -3.06. The summed E-state index contributed by atoms with van der Waals surface area (Å²) in [4.78, 5) is 12.3. The minimum Gasteiger partial charge on any atom is -0.484 e. The molecule has 0 saturated heterocycles. The van der Waals surface area contributed by atoms with Crippen molar-refractivity contribution in [2.45, 2.75) is 20.3 Å². The van der Waals surface area contributed by atoms with Crippen molar-refractivity contribution in [1.82, 2.24) is 0 Å². The third-order valence-electron chi connectivity index (χ3n) is 4.44. The van der Waals surface area contributed by atoms with E-state index in [1.165, 1.54) is 0 Å². The van der Waals surface area contributed by atoms with E-state index in [1.807, 2.05) is 42.5 Å². The van der Waals surface area contributed by atoms with Gasteiger partial charge in [0.2, 0.25) is 10.0 Å². The molecule has 0 heterocycles. The zero-order valence-electron chi connectivity index (χ0n) is 16.4. The average Bonchev–Trinajstić information content (AvgIpc) is 2.69. The van der Waals surface area contributed by atoms with Gasteiger partial charge in [-0.05, 0) is 53.9 Å². The van der Waals surface area contributed by atoms with Crippen LogP contribution < -0.4 is 14.8 Å². The molecular weight excluding hydrogens is 388 g/mol. The topological polar surface area (TPSA) is 84.5 Å². The Labute approximate surface area is 170 Å². The molecule has 7 heteroatoms. The number of rotatable bonds is 8. The quantitative estimate of drug-likeness (QED) is 0.577. The number of fused-ring (bicyclic) bond motifs is 1. The van der Waals surface area contributed by atoms with Crippen molar-refractivity contribution in [3.63, 3.8) is 0 Å². The summed E-state index contributed by atoms with van der Waals surface area (Å²) in [7, 11) is -3.40. The Morgan fingerprint density at radius 2 is 1.69 bits per heavy atom. The SMILES string of the molecule is CCCS(=O)(=O)Nc1cccc(NC(=O)COc2ccc3ccccc3c2)c1C. The van der Waals surface area contributed by atoms with Crippen molar-refractivity contribution in [2.75, 3.05) is 22.4 Å². The van der Waals surface area contributed by atoms with Crippen LogP contribution in [0.2, 0.25) is 0 Å². The van der Waals surface area contributed by atoms with Gasteiger partial charge in [0.15, 0.2) is 6.61 Å². The number of hydrogen-bond donors (Lipinski definition) is 2. The first-order valence-corrected chi connectivity index (χ1v) is 11.0. The third-order valence-corrected chi connectivity index (χ3v) is 5.91. The van der Waals surface area contributed by atoms with Crippen LogP contribution >= 0.6 is 0 Å². The standard InChI is InChI=1S/C22H24N2O4S/c1-3-13-29(26,27)24-21-10-6-9-20(16(21)2)23-22(25)15-28-19-12-11-17-7-4-5-8-18(17)14-19/h4-12,14,24H,3,13,15H2,1-2H3,(H,23,25). The van der Waals surface area contributed by atoms with Gasteiger partial charge in [-0.2, -0.15) is 0 Å². The molecule has 0 saturated carbocycles. The molecule has 6 nitrogen and oxygen atoms in total. The van der Waals surface area contributed by atoms with Gasteiger partial charge in [-0.25, -0.2) is 8.42 Å². The Bertz CT molecular complexity index is 1130. The molecule has 0 radical (unpaired) electrons. The van der Waals surface area contributed by atoms with Crippen molar-refractivity contribution < 1.29 is 17.9 Å². The van der Waals surface area contributed by atoms with Gasteiger partial charge in [-0.15, -0.1) is 0 Å². The number of hydrogen-bond acceptors (Lipinski definition) is 4. The van der Waals surface area contributed by atoms with Crippen LogP contribution in [0.25, 0.3) is 10.8 Å². The van der Waals surface area contributed by atoms with E-state index in [1.54, 1.807) is 32.0 Å². The summed E-state index contributed by atoms with van der Waals surface area (Å²) >= 11 is 0. The maximum absolute atomic E-state index is 12.3. The molecule has 0 aliphatic rings. The second-order valence-electron chi connectivity index (χ2n) is 6.74. The molecule has 152 valence electrons. The van der Waals surface area contributed by atoms with E-state index in [0.717, 1.165) is 10.8 Å². The van der Waals surface area contributed by atoms with Crippen molar-refractivity contribution in [1.29, 1.82) is 0 Å². The molecule has 1 amide bonds. The molecule has 3 aromatic carbocycles. The van der Waals surface area contributed by atoms with Gasteiger partial charge in [0.05, 0.1) is 11.4 Å². The van der Waals surface area contributed by atoms with Crippen LogP contribution in [0.3, 0.4) is 0 Å². The molecule has 0 bridgehead atoms. The monoisotopic (exact) mass is 412 g/mol. The predicted molar refractivity (Wildman–Crippen MR) is 117 cm³/mol. The second-order valence-corrected chi connectivity index (χ2v) is 8.59. The highest BCUT2D eigenvalue weighted by molar-refractivity contribution is 7.92. The van der Waals surface area contributed by atoms with Gasteiger partial charge in [-0.1, -0.05) is 43.3 Å². The van der Waals surface area contributed by atoms with E-state index in [2.05, 4.69) is 10.0 Å². The summed E-state index contributed by atoms with van der Waals surface area (Å²) in [5, 5.41) is 4.91. The van der Waals surface area contributed by atoms with Crippen LogP contribution in [0.15, 0.2) is 60.7 Å². The lowest BCUT2D eigenvalue weighted by Gasteiger charge is -2.14. The Kier molecular flexibility index (Phi) is 6.39. The minimum absolute atomic E-state index is 0.0443. The fourth-order valence-corrected chi connectivity index (χ4v) is 4.16. The number of benzene rings is 3. The molecule has 2 N–H and O–H groups in total. The lowest BCUT2D eigenvalue weighted by atomic mass is 10.1. The fraction of sp³-hybridized carbons (Fsp3) is 0.227. The molecule has 0 aliphatic carbocycles. The van der Waals surface area contributed by atoms with Gasteiger partial charge in [-0.3, -0.25) is 9.52 Å². The number of sulfonamides is 1. The average molecular weight is 413 g/mol. The van der Waals surface area contributed by atoms with Crippen LogP contribution in [0.1, 0.15) is 18.9 Å². The summed E-state index contributed by atoms with van der Waals surface area (Å²) in [5.41, 5.74) is 1.63. The van der Waals surface area contributed by atoms with E-state index < -0.39 is 10.0 Å². The highest BCUT2D eigenvalue weighted by Crippen LogP contribution is 2.25. The molecule has 0 atom stereocenters. The molecule has 3 rings (SSSR count). The largest absolute Gasteiger partial charge is 0.484 e. The van der Waals surface area contributed by atoms with Crippen molar-refractivity contribution in [2.24, 2.45) is 0 Å². The highest BCUT2D eigenvalue weighted by Gasteiger charge is 2.13. The van der Waals surface area contributed by atoms with Gasteiger partial charge >= 0.3 is 0 Å². The van der Waals surface area contributed by atoms with E-state index in [0.29, 0.717) is 29.1 Å². The van der Waals surface area contributed by atoms with E-state index in [4.69, 9.17) is 4.74 Å². The maximum atomic E-state index is 12.3. The molecule has 0 fully saturated rings. The van der Waals surface area contributed by atoms with Crippen LogP contribution in [0.5, 0.6) is 5.75 Å². The zero-order valence-corrected chi connectivity index (χ0v) is 17.3. The number of anilines is 2. The number of amides is 1. The Morgan fingerprint density at radius 1 is 0.966 bits per heavy atom. The van der Waals surface area contributed by atoms with E-state index >= 15 is 0 Å². The zero-order chi connectivity index (χ0) is 20.9. The van der Waals surface area contributed by atoms with Crippen molar-refractivity contribution >= 4 is 38.1 Å². The molecule has 3 aromatic rings. The van der Waals surface area contributed by atoms with E-state index in [-0.39, 0.29) is 18.3 Å². The highest BCUT2D eigenvalue weighted by atomic mass is 32.2. The number of nitrogens with one attached hydrogen (secondary N) is 2. The molecule has 0 unspecified atom stereocenters. The van der Waals surface area contributed by atoms with Gasteiger partial charge in [0.25, 0.3) is 5.91 Å². The molecule has 29 heavy (non-hydrogen) atoms. The maximum Gasteiger partial charge on any atom is 0.262 e. The first-order chi connectivity index (χ1) is 13.9. The smallest absolute Gasteiger partial charge is 0.262 e. The molecule has 0 aromatic heterocycles. The Morgan fingerprint density at radius 3 is 2.45 bits per heavy atom. The van der Waals surface area contributed by atoms with Gasteiger partial charge < -0.3 is 10.1 Å². The lowest BCUT2D eigenvalue weighted by Crippen LogP contribution is -2.21. The van der Waals surface area contributed by atoms with Gasteiger partial charge in [0, 0.05) is 5.69 Å². The second kappa shape index (κ2) is 8.96. The Balaban J connectivity index is 1.64. The molecular formula is C22H24N2O4S. The lowest BCUT2D eigenvalue weighted by molar-refractivity contribution is -0.118. The normalized spacial score (nSPS) is 11.2. The summed E-state index contributed by atoms with van der Waals surface area (Å²) in [5.74, 6) is 0.328. The number of ether oxygens (including phenoxy) is 1.